The van der Waals surface area contributed by atoms with E-state index in [0.29, 0.717) is 0 Å². The van der Waals surface area contributed by atoms with Crippen molar-refractivity contribution in [3.8, 4) is 0 Å². The fourth-order valence-electron chi connectivity index (χ4n) is 2.04. The van der Waals surface area contributed by atoms with Gasteiger partial charge in [-0.2, -0.15) is 0 Å². The molecule has 0 radical (unpaired) electrons. The average Bonchev–Trinajstić information content (AvgIpc) is 2.42. The first-order valence-electron chi connectivity index (χ1n) is 6.16. The van der Waals surface area contributed by atoms with Gasteiger partial charge in [0.1, 0.15) is 0 Å². The third kappa shape index (κ3) is 2.65. The van der Waals surface area contributed by atoms with Gasteiger partial charge in [-0.1, -0.05) is 67.6 Å². The molecule has 0 amide bonds. The summed E-state index contributed by atoms with van der Waals surface area (Å²) in [5.41, 5.74) is 5.25. The Hall–Kier alpha value is -1.82. The zero-order valence-corrected chi connectivity index (χ0v) is 10.5. The molecule has 86 valence electrons. The lowest BCUT2D eigenvalue weighted by molar-refractivity contribution is 1.14. The second-order valence-corrected chi connectivity index (χ2v) is 4.12. The van der Waals surface area contributed by atoms with Crippen LogP contribution >= 0.6 is 0 Å². The molecule has 0 atom stereocenters. The Bertz CT molecular complexity index is 489. The van der Waals surface area contributed by atoms with Gasteiger partial charge in [-0.3, -0.25) is 0 Å². The maximum atomic E-state index is 2.21. The second kappa shape index (κ2) is 5.49. The maximum absolute atomic E-state index is 2.21. The molecular formula is C17H18. The third-order valence-electron chi connectivity index (χ3n) is 3.05. The monoisotopic (exact) mass is 222 g/mol. The molecule has 2 aromatic rings. The van der Waals surface area contributed by atoms with Crippen LogP contribution in [0.15, 0.2) is 60.7 Å². The van der Waals surface area contributed by atoms with Crippen LogP contribution < -0.4 is 0 Å². The van der Waals surface area contributed by atoms with Gasteiger partial charge < -0.3 is 0 Å². The zero-order chi connectivity index (χ0) is 12.1. The molecule has 0 nitrogen and oxygen atoms in total. The van der Waals surface area contributed by atoms with E-state index in [0.717, 1.165) is 6.42 Å². The molecule has 0 aliphatic heterocycles. The molecular weight excluding hydrogens is 204 g/mol. The summed E-state index contributed by atoms with van der Waals surface area (Å²) in [5.74, 6) is 0. The van der Waals surface area contributed by atoms with Crippen LogP contribution in [-0.2, 0) is 6.42 Å². The Balaban J connectivity index is 2.37. The van der Waals surface area contributed by atoms with Gasteiger partial charge in [0.15, 0.2) is 0 Å². The first-order valence-corrected chi connectivity index (χ1v) is 6.16. The molecule has 2 aromatic carbocycles. The molecule has 17 heavy (non-hydrogen) atoms. The van der Waals surface area contributed by atoms with Gasteiger partial charge in [-0.05, 0) is 35.6 Å². The van der Waals surface area contributed by atoms with E-state index >= 15 is 0 Å². The van der Waals surface area contributed by atoms with Gasteiger partial charge in [0, 0.05) is 0 Å². The van der Waals surface area contributed by atoms with Crippen molar-refractivity contribution >= 4 is 5.57 Å². The molecule has 0 aromatic heterocycles. The lowest BCUT2D eigenvalue weighted by Gasteiger charge is -2.08. The molecule has 0 N–H and O–H groups in total. The highest BCUT2D eigenvalue weighted by atomic mass is 14.1. The molecule has 2 rings (SSSR count). The van der Waals surface area contributed by atoms with Crippen molar-refractivity contribution < 1.29 is 0 Å². The summed E-state index contributed by atoms with van der Waals surface area (Å²) >= 11 is 0. The Labute approximate surface area is 104 Å². The van der Waals surface area contributed by atoms with E-state index in [1.54, 1.807) is 0 Å². The van der Waals surface area contributed by atoms with Gasteiger partial charge in [0.25, 0.3) is 0 Å². The molecule has 0 saturated carbocycles. The van der Waals surface area contributed by atoms with Gasteiger partial charge >= 0.3 is 0 Å². The van der Waals surface area contributed by atoms with Gasteiger partial charge in [0.2, 0.25) is 0 Å². The lowest BCUT2D eigenvalue weighted by atomic mass is 9.97. The largest absolute Gasteiger partial charge is 0.0792 e. The quantitative estimate of drug-likeness (QED) is 0.706. The van der Waals surface area contributed by atoms with Crippen LogP contribution in [0, 0.1) is 0 Å². The zero-order valence-electron chi connectivity index (χ0n) is 10.5. The van der Waals surface area contributed by atoms with Gasteiger partial charge in [0.05, 0.1) is 0 Å². The van der Waals surface area contributed by atoms with Crippen LogP contribution in [0.1, 0.15) is 30.5 Å². The first-order chi connectivity index (χ1) is 8.35. The molecule has 0 saturated heterocycles. The average molecular weight is 222 g/mol. The summed E-state index contributed by atoms with van der Waals surface area (Å²) in [5, 5.41) is 0. The summed E-state index contributed by atoms with van der Waals surface area (Å²) in [7, 11) is 0. The highest BCUT2D eigenvalue weighted by Crippen LogP contribution is 2.23. The van der Waals surface area contributed by atoms with E-state index in [9.17, 15) is 0 Å². The molecule has 0 fully saturated rings. The summed E-state index contributed by atoms with van der Waals surface area (Å²) in [6.45, 7) is 4.28. The van der Waals surface area contributed by atoms with Crippen molar-refractivity contribution in [3.05, 3.63) is 77.4 Å². The number of aryl methyl sites for hydroxylation is 1. The van der Waals surface area contributed by atoms with Crippen LogP contribution in [-0.4, -0.2) is 0 Å². The fraction of sp³-hybridized carbons (Fsp3) is 0.176. The van der Waals surface area contributed by atoms with Crippen molar-refractivity contribution in [2.45, 2.75) is 20.3 Å². The van der Waals surface area contributed by atoms with E-state index in [1.165, 1.54) is 22.3 Å². The minimum Gasteiger partial charge on any atom is -0.0792 e. The van der Waals surface area contributed by atoms with Crippen molar-refractivity contribution in [1.82, 2.24) is 0 Å². The Morgan fingerprint density at radius 1 is 0.882 bits per heavy atom. The number of benzene rings is 2. The molecule has 0 heterocycles. The topological polar surface area (TPSA) is 0 Å². The minimum atomic E-state index is 1.09. The summed E-state index contributed by atoms with van der Waals surface area (Å²) in [6.07, 6.45) is 3.27. The molecule has 0 aliphatic rings. The van der Waals surface area contributed by atoms with Crippen molar-refractivity contribution in [1.29, 1.82) is 0 Å². The third-order valence-corrected chi connectivity index (χ3v) is 3.05. The van der Waals surface area contributed by atoms with E-state index in [1.807, 2.05) is 0 Å². The highest BCUT2D eigenvalue weighted by molar-refractivity contribution is 5.79. The van der Waals surface area contributed by atoms with E-state index in [2.05, 4.69) is 74.5 Å². The van der Waals surface area contributed by atoms with Crippen molar-refractivity contribution in [2.24, 2.45) is 0 Å². The van der Waals surface area contributed by atoms with Gasteiger partial charge in [-0.15, -0.1) is 0 Å². The fourth-order valence-corrected chi connectivity index (χ4v) is 2.04. The van der Waals surface area contributed by atoms with Crippen LogP contribution in [0.25, 0.3) is 5.57 Å². The summed E-state index contributed by atoms with van der Waals surface area (Å²) in [6, 6.07) is 19.4. The van der Waals surface area contributed by atoms with E-state index in [4.69, 9.17) is 0 Å². The Morgan fingerprint density at radius 2 is 1.47 bits per heavy atom. The van der Waals surface area contributed by atoms with Crippen LogP contribution in [0.2, 0.25) is 0 Å². The number of allylic oxidation sites excluding steroid dienone is 1. The molecule has 0 spiro atoms. The number of hydrogen-bond donors (Lipinski definition) is 0. The first kappa shape index (κ1) is 11.7. The van der Waals surface area contributed by atoms with Crippen molar-refractivity contribution in [2.75, 3.05) is 0 Å². The van der Waals surface area contributed by atoms with Crippen LogP contribution in [0.4, 0.5) is 0 Å². The van der Waals surface area contributed by atoms with Gasteiger partial charge in [-0.25, -0.2) is 0 Å². The molecule has 0 aliphatic carbocycles. The summed E-state index contributed by atoms with van der Waals surface area (Å²) < 4.78 is 0. The Morgan fingerprint density at radius 3 is 2.00 bits per heavy atom. The lowest BCUT2D eigenvalue weighted by Crippen LogP contribution is -1.88. The normalized spacial score (nSPS) is 11.5. The molecule has 0 bridgehead atoms. The Kier molecular flexibility index (Phi) is 3.77. The van der Waals surface area contributed by atoms with E-state index in [-0.39, 0.29) is 0 Å². The molecule has 0 heteroatoms. The number of hydrogen-bond acceptors (Lipinski definition) is 0. The predicted molar refractivity (Wildman–Crippen MR) is 75.0 cm³/mol. The predicted octanol–water partition coefficient (Wildman–Crippen LogP) is 4.70. The van der Waals surface area contributed by atoms with E-state index < -0.39 is 0 Å². The second-order valence-electron chi connectivity index (χ2n) is 4.12. The van der Waals surface area contributed by atoms with Crippen molar-refractivity contribution in [3.63, 3.8) is 0 Å². The maximum Gasteiger partial charge on any atom is -0.0154 e. The molecule has 0 unspecified atom stereocenters. The van der Waals surface area contributed by atoms with Crippen LogP contribution in [0.3, 0.4) is 0 Å². The summed E-state index contributed by atoms with van der Waals surface area (Å²) in [4.78, 5) is 0. The SMILES string of the molecule is C/C=C(/c1ccccc1)c1ccc(CC)cc1. The minimum absolute atomic E-state index is 1.09. The highest BCUT2D eigenvalue weighted by Gasteiger charge is 2.02. The van der Waals surface area contributed by atoms with Crippen LogP contribution in [0.5, 0.6) is 0 Å². The number of rotatable bonds is 3. The standard InChI is InChI=1S/C17H18/c1-3-14-10-12-16(13-11-14)17(4-2)15-8-6-5-7-9-15/h4-13H,3H2,1-2H3/b17-4-. The smallest absolute Gasteiger partial charge is 0.0154 e.